The summed E-state index contributed by atoms with van der Waals surface area (Å²) in [6.07, 6.45) is 0. The van der Waals surface area contributed by atoms with Gasteiger partial charge in [-0.1, -0.05) is 127 Å². The summed E-state index contributed by atoms with van der Waals surface area (Å²) >= 11 is 1.86. The lowest BCUT2D eigenvalue weighted by atomic mass is 9.95. The molecule has 0 saturated carbocycles. The standard InChI is InChI=1S/C48H32N2S/c1-2-12-33(13-3-1)34-22-24-35(25-23-34)49(38-30-31-44-43-18-8-11-21-47(43)51-48(44)32-38)36-26-28-37(29-27-36)50-45-19-9-6-16-41(45)39-14-4-5-15-40(39)42-17-7-10-20-46(42)50/h1-32H. The second-order valence-electron chi connectivity index (χ2n) is 13.0. The van der Waals surface area contributed by atoms with Crippen LogP contribution in [0.5, 0.6) is 0 Å². The van der Waals surface area contributed by atoms with Gasteiger partial charge in [-0.3, -0.25) is 0 Å². The lowest BCUT2D eigenvalue weighted by Crippen LogP contribution is -2.12. The summed E-state index contributed by atoms with van der Waals surface area (Å²) < 4.78 is 2.60. The van der Waals surface area contributed by atoms with E-state index in [0.717, 1.165) is 22.7 Å². The van der Waals surface area contributed by atoms with Crippen LogP contribution in [0.1, 0.15) is 0 Å². The summed E-state index contributed by atoms with van der Waals surface area (Å²) in [5.41, 5.74) is 14.2. The van der Waals surface area contributed by atoms with Crippen LogP contribution in [0, 0.1) is 0 Å². The predicted octanol–water partition coefficient (Wildman–Crippen LogP) is 14.3. The molecule has 0 aliphatic carbocycles. The molecule has 0 fully saturated rings. The molecule has 3 heteroatoms. The lowest BCUT2D eigenvalue weighted by molar-refractivity contribution is 1.26. The van der Waals surface area contributed by atoms with Crippen LogP contribution < -0.4 is 9.80 Å². The van der Waals surface area contributed by atoms with Crippen LogP contribution in [-0.2, 0) is 0 Å². The molecule has 2 heterocycles. The van der Waals surface area contributed by atoms with Crippen LogP contribution in [-0.4, -0.2) is 0 Å². The third-order valence-corrected chi connectivity index (χ3v) is 11.2. The zero-order chi connectivity index (χ0) is 33.7. The average Bonchev–Trinajstić information content (AvgIpc) is 3.52. The van der Waals surface area contributed by atoms with Gasteiger partial charge in [0.1, 0.15) is 0 Å². The molecule has 1 aliphatic rings. The molecule has 51 heavy (non-hydrogen) atoms. The average molecular weight is 669 g/mol. The molecular formula is C48H32N2S. The first-order valence-electron chi connectivity index (χ1n) is 17.4. The zero-order valence-corrected chi connectivity index (χ0v) is 28.6. The van der Waals surface area contributed by atoms with Gasteiger partial charge in [-0.15, -0.1) is 11.3 Å². The van der Waals surface area contributed by atoms with E-state index in [1.165, 1.54) is 64.9 Å². The summed E-state index contributed by atoms with van der Waals surface area (Å²) in [7, 11) is 0. The number of anilines is 6. The quantitative estimate of drug-likeness (QED) is 0.180. The van der Waals surface area contributed by atoms with Crippen molar-refractivity contribution in [3.05, 3.63) is 194 Å². The van der Waals surface area contributed by atoms with Crippen molar-refractivity contribution >= 4 is 65.6 Å². The van der Waals surface area contributed by atoms with Gasteiger partial charge in [-0.05, 0) is 89.0 Å². The van der Waals surface area contributed by atoms with E-state index in [0.29, 0.717) is 0 Å². The van der Waals surface area contributed by atoms with Gasteiger partial charge < -0.3 is 9.80 Å². The number of hydrogen-bond donors (Lipinski definition) is 0. The Morgan fingerprint density at radius 2 is 0.843 bits per heavy atom. The summed E-state index contributed by atoms with van der Waals surface area (Å²) in [6, 6.07) is 70.5. The van der Waals surface area contributed by atoms with Crippen molar-refractivity contribution in [1.82, 2.24) is 0 Å². The van der Waals surface area contributed by atoms with Crippen LogP contribution in [0.3, 0.4) is 0 Å². The summed E-state index contributed by atoms with van der Waals surface area (Å²) in [5.74, 6) is 0. The number of benzene rings is 8. The minimum Gasteiger partial charge on any atom is -0.310 e. The van der Waals surface area contributed by atoms with Gasteiger partial charge in [0.05, 0.1) is 11.4 Å². The van der Waals surface area contributed by atoms with Gasteiger partial charge in [-0.25, -0.2) is 0 Å². The Morgan fingerprint density at radius 1 is 0.353 bits per heavy atom. The molecule has 0 amide bonds. The van der Waals surface area contributed by atoms with E-state index in [4.69, 9.17) is 0 Å². The van der Waals surface area contributed by atoms with Crippen LogP contribution in [0.2, 0.25) is 0 Å². The Balaban J connectivity index is 1.11. The fourth-order valence-corrected chi connectivity index (χ4v) is 8.78. The first kappa shape index (κ1) is 29.5. The maximum atomic E-state index is 2.41. The topological polar surface area (TPSA) is 6.48 Å². The molecule has 9 aromatic rings. The van der Waals surface area contributed by atoms with Crippen molar-refractivity contribution in [3.8, 4) is 33.4 Å². The minimum atomic E-state index is 1.10. The molecular weight excluding hydrogens is 637 g/mol. The fraction of sp³-hybridized carbons (Fsp3) is 0. The van der Waals surface area contributed by atoms with Crippen LogP contribution in [0.15, 0.2) is 194 Å². The molecule has 1 aliphatic heterocycles. The van der Waals surface area contributed by atoms with Gasteiger partial charge >= 0.3 is 0 Å². The molecule has 0 unspecified atom stereocenters. The number of para-hydroxylation sites is 2. The van der Waals surface area contributed by atoms with Crippen molar-refractivity contribution in [3.63, 3.8) is 0 Å². The second-order valence-corrected chi connectivity index (χ2v) is 14.0. The number of hydrogen-bond acceptors (Lipinski definition) is 3. The van der Waals surface area contributed by atoms with Gasteiger partial charge in [0.15, 0.2) is 0 Å². The summed E-state index contributed by atoms with van der Waals surface area (Å²) in [5, 5.41) is 2.61. The molecule has 1 aromatic heterocycles. The number of rotatable bonds is 5. The molecule has 0 bridgehead atoms. The first-order valence-corrected chi connectivity index (χ1v) is 18.2. The maximum absolute atomic E-state index is 2.41. The largest absolute Gasteiger partial charge is 0.310 e. The third-order valence-electron chi connectivity index (χ3n) is 10.0. The van der Waals surface area contributed by atoms with Crippen molar-refractivity contribution in [1.29, 1.82) is 0 Å². The highest BCUT2D eigenvalue weighted by Gasteiger charge is 2.26. The Labute approximate surface area is 301 Å². The zero-order valence-electron chi connectivity index (χ0n) is 27.8. The van der Waals surface area contributed by atoms with E-state index in [-0.39, 0.29) is 0 Å². The summed E-state index contributed by atoms with van der Waals surface area (Å²) in [6.45, 7) is 0. The van der Waals surface area contributed by atoms with Crippen molar-refractivity contribution in [2.24, 2.45) is 0 Å². The van der Waals surface area contributed by atoms with E-state index in [1.54, 1.807) is 0 Å². The normalized spacial score (nSPS) is 11.9. The van der Waals surface area contributed by atoms with Gasteiger partial charge in [0, 0.05) is 54.0 Å². The van der Waals surface area contributed by atoms with Gasteiger partial charge in [-0.2, -0.15) is 0 Å². The smallest absolute Gasteiger partial charge is 0.0540 e. The van der Waals surface area contributed by atoms with Crippen LogP contribution >= 0.6 is 11.3 Å². The molecule has 0 atom stereocenters. The number of nitrogens with zero attached hydrogens (tertiary/aromatic N) is 2. The maximum Gasteiger partial charge on any atom is 0.0540 e. The highest BCUT2D eigenvalue weighted by molar-refractivity contribution is 7.25. The lowest BCUT2D eigenvalue weighted by Gasteiger charge is -2.29. The Morgan fingerprint density at radius 3 is 1.51 bits per heavy atom. The van der Waals surface area contributed by atoms with Crippen molar-refractivity contribution < 1.29 is 0 Å². The highest BCUT2D eigenvalue weighted by Crippen LogP contribution is 2.51. The molecule has 0 spiro atoms. The number of fused-ring (bicyclic) bond motifs is 8. The van der Waals surface area contributed by atoms with Gasteiger partial charge in [0.2, 0.25) is 0 Å². The van der Waals surface area contributed by atoms with Crippen molar-refractivity contribution in [2.75, 3.05) is 9.80 Å². The molecule has 0 saturated heterocycles. The molecule has 10 rings (SSSR count). The molecule has 240 valence electrons. The predicted molar refractivity (Wildman–Crippen MR) is 219 cm³/mol. The fourth-order valence-electron chi connectivity index (χ4n) is 7.64. The first-order chi connectivity index (χ1) is 25.3. The molecule has 8 aromatic carbocycles. The van der Waals surface area contributed by atoms with Crippen LogP contribution in [0.4, 0.5) is 34.1 Å². The van der Waals surface area contributed by atoms with E-state index >= 15 is 0 Å². The highest BCUT2D eigenvalue weighted by atomic mass is 32.1. The SMILES string of the molecule is c1ccc(-c2ccc(N(c3ccc(N4c5ccccc5-c5ccccc5-c5ccccc54)cc3)c3ccc4c(c3)sc3ccccc34)cc2)cc1. The minimum absolute atomic E-state index is 1.10. The van der Waals surface area contributed by atoms with E-state index in [2.05, 4.69) is 204 Å². The van der Waals surface area contributed by atoms with Crippen molar-refractivity contribution in [2.45, 2.75) is 0 Å². The van der Waals surface area contributed by atoms with E-state index in [9.17, 15) is 0 Å². The number of thiophene rings is 1. The van der Waals surface area contributed by atoms with Gasteiger partial charge in [0.25, 0.3) is 0 Å². The Kier molecular flexibility index (Phi) is 7.04. The molecule has 0 N–H and O–H groups in total. The second kappa shape index (κ2) is 12.2. The monoisotopic (exact) mass is 668 g/mol. The third kappa shape index (κ3) is 5.01. The molecule has 0 radical (unpaired) electrons. The van der Waals surface area contributed by atoms with Crippen LogP contribution in [0.25, 0.3) is 53.6 Å². The Bertz CT molecular complexity index is 2630. The van der Waals surface area contributed by atoms with E-state index in [1.807, 2.05) is 11.3 Å². The molecule has 2 nitrogen and oxygen atoms in total. The summed E-state index contributed by atoms with van der Waals surface area (Å²) in [4.78, 5) is 4.79. The van der Waals surface area contributed by atoms with E-state index < -0.39 is 0 Å². The Hall–Kier alpha value is -6.42.